The molecular weight excluding hydrogens is 280 g/mol. The van der Waals surface area contributed by atoms with Crippen LogP contribution in [0.15, 0.2) is 30.9 Å². The number of allylic oxidation sites excluding steroid dienone is 1. The van der Waals surface area contributed by atoms with Crippen LogP contribution >= 0.6 is 0 Å². The van der Waals surface area contributed by atoms with Crippen LogP contribution in [0.5, 0.6) is 5.75 Å². The number of hydrogen-bond acceptors (Lipinski definition) is 1. The van der Waals surface area contributed by atoms with Gasteiger partial charge in [0.1, 0.15) is 5.75 Å². The fraction of sp³-hybridized carbons (Fsp3) is 0.636. The molecule has 1 heteroatoms. The highest BCUT2D eigenvalue weighted by Crippen LogP contribution is 2.38. The number of phenolic OH excluding ortho intramolecular Hbond substituents is 1. The highest BCUT2D eigenvalue weighted by Gasteiger charge is 2.22. The van der Waals surface area contributed by atoms with E-state index in [1.165, 1.54) is 69.8 Å². The zero-order chi connectivity index (χ0) is 16.5. The van der Waals surface area contributed by atoms with Gasteiger partial charge in [0.05, 0.1) is 0 Å². The lowest BCUT2D eigenvalue weighted by molar-refractivity contribution is 0.301. The van der Waals surface area contributed by atoms with E-state index in [4.69, 9.17) is 0 Å². The number of aromatic hydroxyl groups is 1. The number of rotatable bonds is 9. The Balaban J connectivity index is 1.78. The van der Waals surface area contributed by atoms with Crippen LogP contribution in [0.3, 0.4) is 0 Å². The second-order valence-electron chi connectivity index (χ2n) is 7.30. The molecular formula is C22H34O. The third-order valence-corrected chi connectivity index (χ3v) is 5.50. The molecule has 1 nitrogen and oxygen atoms in total. The normalized spacial score (nSPS) is 21.3. The molecule has 1 aliphatic rings. The molecule has 1 saturated carbocycles. The Kier molecular flexibility index (Phi) is 7.71. The minimum Gasteiger partial charge on any atom is -0.508 e. The minimum atomic E-state index is 0.411. The van der Waals surface area contributed by atoms with Gasteiger partial charge in [-0.1, -0.05) is 63.7 Å². The van der Waals surface area contributed by atoms with E-state index in [1.54, 1.807) is 0 Å². The Hall–Kier alpha value is -1.24. The van der Waals surface area contributed by atoms with Crippen LogP contribution in [0.25, 0.3) is 0 Å². The van der Waals surface area contributed by atoms with E-state index in [-0.39, 0.29) is 0 Å². The quantitative estimate of drug-likeness (QED) is 0.394. The van der Waals surface area contributed by atoms with Crippen LogP contribution in [0.4, 0.5) is 0 Å². The highest BCUT2D eigenvalue weighted by atomic mass is 16.3. The topological polar surface area (TPSA) is 20.2 Å². The summed E-state index contributed by atoms with van der Waals surface area (Å²) in [6.45, 7) is 6.07. The van der Waals surface area contributed by atoms with E-state index < -0.39 is 0 Å². The summed E-state index contributed by atoms with van der Waals surface area (Å²) in [5.74, 6) is 2.06. The molecule has 1 N–H and O–H groups in total. The van der Waals surface area contributed by atoms with Crippen LogP contribution in [-0.4, -0.2) is 5.11 Å². The molecule has 0 heterocycles. The monoisotopic (exact) mass is 314 g/mol. The molecule has 2 rings (SSSR count). The van der Waals surface area contributed by atoms with Gasteiger partial charge < -0.3 is 5.11 Å². The molecule has 0 saturated heterocycles. The summed E-state index contributed by atoms with van der Waals surface area (Å²) in [5.41, 5.74) is 2.44. The summed E-state index contributed by atoms with van der Waals surface area (Å²) in [4.78, 5) is 0. The predicted molar refractivity (Wildman–Crippen MR) is 100 cm³/mol. The summed E-state index contributed by atoms with van der Waals surface area (Å²) < 4.78 is 0. The van der Waals surface area contributed by atoms with Crippen molar-refractivity contribution in [2.24, 2.45) is 5.92 Å². The molecule has 0 bridgehead atoms. The molecule has 0 aliphatic heterocycles. The Morgan fingerprint density at radius 1 is 1.09 bits per heavy atom. The third kappa shape index (κ3) is 5.71. The van der Waals surface area contributed by atoms with Gasteiger partial charge >= 0.3 is 0 Å². The molecule has 0 spiro atoms. The second kappa shape index (κ2) is 9.80. The van der Waals surface area contributed by atoms with Crippen molar-refractivity contribution in [1.29, 1.82) is 0 Å². The lowest BCUT2D eigenvalue weighted by Gasteiger charge is -2.29. The maximum absolute atomic E-state index is 9.92. The van der Waals surface area contributed by atoms with Gasteiger partial charge in [-0.05, 0) is 61.1 Å². The molecule has 0 unspecified atom stereocenters. The van der Waals surface area contributed by atoms with Gasteiger partial charge in [0.2, 0.25) is 0 Å². The SMILES string of the molecule is C=CCc1cc(C2CCC(CCCCCCC)CC2)ccc1O. The van der Waals surface area contributed by atoms with Gasteiger partial charge in [-0.2, -0.15) is 0 Å². The average molecular weight is 315 g/mol. The van der Waals surface area contributed by atoms with Crippen LogP contribution in [0, 0.1) is 5.92 Å². The zero-order valence-corrected chi connectivity index (χ0v) is 14.9. The molecule has 0 atom stereocenters. The van der Waals surface area contributed by atoms with Gasteiger partial charge in [0.25, 0.3) is 0 Å². The van der Waals surface area contributed by atoms with E-state index in [0.717, 1.165) is 17.9 Å². The first-order valence-electron chi connectivity index (χ1n) is 9.67. The van der Waals surface area contributed by atoms with Gasteiger partial charge in [0.15, 0.2) is 0 Å². The van der Waals surface area contributed by atoms with Crippen molar-refractivity contribution in [3.63, 3.8) is 0 Å². The van der Waals surface area contributed by atoms with Crippen molar-refractivity contribution in [3.05, 3.63) is 42.0 Å². The van der Waals surface area contributed by atoms with E-state index in [2.05, 4.69) is 25.6 Å². The number of hydrogen-bond donors (Lipinski definition) is 1. The smallest absolute Gasteiger partial charge is 0.119 e. The second-order valence-corrected chi connectivity index (χ2v) is 7.30. The van der Waals surface area contributed by atoms with Gasteiger partial charge in [-0.15, -0.1) is 6.58 Å². The maximum atomic E-state index is 9.92. The van der Waals surface area contributed by atoms with Crippen molar-refractivity contribution in [2.45, 2.75) is 83.5 Å². The lowest BCUT2D eigenvalue weighted by Crippen LogP contribution is -2.13. The number of phenols is 1. The van der Waals surface area contributed by atoms with Crippen molar-refractivity contribution in [2.75, 3.05) is 0 Å². The molecule has 0 amide bonds. The summed E-state index contributed by atoms with van der Waals surface area (Å²) in [7, 11) is 0. The summed E-state index contributed by atoms with van der Waals surface area (Å²) >= 11 is 0. The Labute approximate surface area is 142 Å². The van der Waals surface area contributed by atoms with Crippen LogP contribution < -0.4 is 0 Å². The minimum absolute atomic E-state index is 0.411. The molecule has 1 aliphatic carbocycles. The van der Waals surface area contributed by atoms with Crippen molar-refractivity contribution >= 4 is 0 Å². The zero-order valence-electron chi connectivity index (χ0n) is 14.9. The maximum Gasteiger partial charge on any atom is 0.119 e. The molecule has 0 aromatic heterocycles. The highest BCUT2D eigenvalue weighted by molar-refractivity contribution is 5.38. The largest absolute Gasteiger partial charge is 0.508 e. The lowest BCUT2D eigenvalue weighted by atomic mass is 9.76. The van der Waals surface area contributed by atoms with E-state index in [9.17, 15) is 5.11 Å². The molecule has 1 aromatic rings. The van der Waals surface area contributed by atoms with Gasteiger partial charge in [-0.25, -0.2) is 0 Å². The van der Waals surface area contributed by atoms with Gasteiger partial charge in [0, 0.05) is 0 Å². The molecule has 0 radical (unpaired) electrons. The first kappa shape index (κ1) is 18.1. The first-order chi connectivity index (χ1) is 11.2. The fourth-order valence-electron chi connectivity index (χ4n) is 4.00. The Morgan fingerprint density at radius 3 is 2.52 bits per heavy atom. The Morgan fingerprint density at radius 2 is 1.83 bits per heavy atom. The molecule has 1 aromatic carbocycles. The standard InChI is InChI=1S/C22H34O/c1-3-5-6-7-8-10-18-11-13-19(14-12-18)20-15-16-22(23)21(17-20)9-4-2/h4,15-19,23H,2-3,5-14H2,1H3. The van der Waals surface area contributed by atoms with E-state index >= 15 is 0 Å². The fourth-order valence-corrected chi connectivity index (χ4v) is 4.00. The third-order valence-electron chi connectivity index (χ3n) is 5.50. The van der Waals surface area contributed by atoms with Crippen LogP contribution in [0.2, 0.25) is 0 Å². The van der Waals surface area contributed by atoms with E-state index in [1.807, 2.05) is 12.1 Å². The van der Waals surface area contributed by atoms with Crippen LogP contribution in [0.1, 0.15) is 88.2 Å². The summed E-state index contributed by atoms with van der Waals surface area (Å²) in [6, 6.07) is 6.19. The predicted octanol–water partition coefficient (Wildman–Crippen LogP) is 6.76. The van der Waals surface area contributed by atoms with Gasteiger partial charge in [-0.3, -0.25) is 0 Å². The summed E-state index contributed by atoms with van der Waals surface area (Å²) in [6.07, 6.45) is 16.5. The molecule has 23 heavy (non-hydrogen) atoms. The van der Waals surface area contributed by atoms with Crippen LogP contribution in [-0.2, 0) is 6.42 Å². The number of benzene rings is 1. The van der Waals surface area contributed by atoms with Crippen molar-refractivity contribution < 1.29 is 5.11 Å². The molecule has 128 valence electrons. The van der Waals surface area contributed by atoms with Crippen molar-refractivity contribution in [1.82, 2.24) is 0 Å². The average Bonchev–Trinajstić information content (AvgIpc) is 2.57. The molecule has 1 fully saturated rings. The number of unbranched alkanes of at least 4 members (excludes halogenated alkanes) is 4. The Bertz CT molecular complexity index is 469. The van der Waals surface area contributed by atoms with Crippen molar-refractivity contribution in [3.8, 4) is 5.75 Å². The van der Waals surface area contributed by atoms with E-state index in [0.29, 0.717) is 11.7 Å². The summed E-state index contributed by atoms with van der Waals surface area (Å²) in [5, 5.41) is 9.92. The first-order valence-corrected chi connectivity index (χ1v) is 9.67.